The molecule has 1 atom stereocenters. The van der Waals surface area contributed by atoms with E-state index in [1.54, 1.807) is 0 Å². The topological polar surface area (TPSA) is 29.3 Å². The molecule has 0 bridgehead atoms. The summed E-state index contributed by atoms with van der Waals surface area (Å²) in [4.78, 5) is 3.70. The van der Waals surface area contributed by atoms with Gasteiger partial charge in [0, 0.05) is 17.1 Å². The lowest BCUT2D eigenvalue weighted by Gasteiger charge is -2.26. The van der Waals surface area contributed by atoms with Gasteiger partial charge in [-0.3, -0.25) is 0 Å². The number of thioether (sulfide) groups is 1. The quantitative estimate of drug-likeness (QED) is 0.815. The van der Waals surface area contributed by atoms with Crippen LogP contribution in [-0.2, 0) is 6.42 Å². The maximum atomic E-state index is 6.14. The molecule has 2 rings (SSSR count). The lowest BCUT2D eigenvalue weighted by Crippen LogP contribution is -2.40. The van der Waals surface area contributed by atoms with Crippen LogP contribution in [-0.4, -0.2) is 18.5 Å². The SMILES string of the molecule is CCSc1ccc2c(c1)N(C(N)CC)CC2. The van der Waals surface area contributed by atoms with Gasteiger partial charge in [-0.25, -0.2) is 0 Å². The van der Waals surface area contributed by atoms with Crippen LogP contribution in [0.3, 0.4) is 0 Å². The van der Waals surface area contributed by atoms with E-state index >= 15 is 0 Å². The molecule has 0 amide bonds. The van der Waals surface area contributed by atoms with E-state index in [-0.39, 0.29) is 6.17 Å². The Hall–Kier alpha value is -0.670. The number of nitrogens with two attached hydrogens (primary N) is 1. The second kappa shape index (κ2) is 5.11. The van der Waals surface area contributed by atoms with Gasteiger partial charge in [-0.2, -0.15) is 0 Å². The lowest BCUT2D eigenvalue weighted by molar-refractivity contribution is 0.610. The second-order valence-electron chi connectivity index (χ2n) is 4.14. The Kier molecular flexibility index (Phi) is 3.77. The fourth-order valence-electron chi connectivity index (χ4n) is 2.21. The Morgan fingerprint density at radius 1 is 1.44 bits per heavy atom. The van der Waals surface area contributed by atoms with Crippen LogP contribution in [0.4, 0.5) is 5.69 Å². The summed E-state index contributed by atoms with van der Waals surface area (Å²) in [5.74, 6) is 1.12. The minimum atomic E-state index is 0.170. The molecule has 3 heteroatoms. The number of benzene rings is 1. The zero-order chi connectivity index (χ0) is 11.5. The van der Waals surface area contributed by atoms with Crippen molar-refractivity contribution < 1.29 is 0 Å². The molecular formula is C13H20N2S. The number of fused-ring (bicyclic) bond motifs is 1. The number of anilines is 1. The zero-order valence-electron chi connectivity index (χ0n) is 10.1. The lowest BCUT2D eigenvalue weighted by atomic mass is 10.2. The third-order valence-corrected chi connectivity index (χ3v) is 3.99. The van der Waals surface area contributed by atoms with E-state index in [0.29, 0.717) is 0 Å². The van der Waals surface area contributed by atoms with E-state index in [1.165, 1.54) is 16.1 Å². The Balaban J connectivity index is 2.26. The predicted molar refractivity (Wildman–Crippen MR) is 72.2 cm³/mol. The largest absolute Gasteiger partial charge is 0.356 e. The highest BCUT2D eigenvalue weighted by Gasteiger charge is 2.22. The van der Waals surface area contributed by atoms with Crippen LogP contribution in [0.15, 0.2) is 23.1 Å². The van der Waals surface area contributed by atoms with Crippen LogP contribution in [0.2, 0.25) is 0 Å². The first kappa shape index (κ1) is 11.8. The molecule has 2 N–H and O–H groups in total. The summed E-state index contributed by atoms with van der Waals surface area (Å²) in [5, 5.41) is 0. The molecule has 2 nitrogen and oxygen atoms in total. The van der Waals surface area contributed by atoms with E-state index in [4.69, 9.17) is 5.73 Å². The van der Waals surface area contributed by atoms with E-state index in [9.17, 15) is 0 Å². The molecule has 0 spiro atoms. The van der Waals surface area contributed by atoms with Crippen LogP contribution in [0, 0.1) is 0 Å². The van der Waals surface area contributed by atoms with Crippen molar-refractivity contribution in [3.05, 3.63) is 23.8 Å². The Labute approximate surface area is 102 Å². The van der Waals surface area contributed by atoms with Crippen molar-refractivity contribution in [2.24, 2.45) is 5.73 Å². The van der Waals surface area contributed by atoms with Crippen molar-refractivity contribution in [2.75, 3.05) is 17.2 Å². The molecule has 0 saturated heterocycles. The van der Waals surface area contributed by atoms with Gasteiger partial charge in [-0.1, -0.05) is 19.9 Å². The molecular weight excluding hydrogens is 216 g/mol. The van der Waals surface area contributed by atoms with E-state index < -0.39 is 0 Å². The minimum Gasteiger partial charge on any atom is -0.356 e. The van der Waals surface area contributed by atoms with Gasteiger partial charge in [0.25, 0.3) is 0 Å². The van der Waals surface area contributed by atoms with Crippen LogP contribution >= 0.6 is 11.8 Å². The fraction of sp³-hybridized carbons (Fsp3) is 0.538. The summed E-state index contributed by atoms with van der Waals surface area (Å²) in [6.07, 6.45) is 2.31. The summed E-state index contributed by atoms with van der Waals surface area (Å²) < 4.78 is 0. The van der Waals surface area contributed by atoms with Crippen molar-refractivity contribution >= 4 is 17.4 Å². The van der Waals surface area contributed by atoms with E-state index in [2.05, 4.69) is 36.9 Å². The van der Waals surface area contributed by atoms with Crippen LogP contribution in [0.25, 0.3) is 0 Å². The summed E-state index contributed by atoms with van der Waals surface area (Å²) in [7, 11) is 0. The molecule has 1 aliphatic rings. The van der Waals surface area contributed by atoms with E-state index in [0.717, 1.165) is 25.1 Å². The maximum absolute atomic E-state index is 6.14. The molecule has 88 valence electrons. The Morgan fingerprint density at radius 3 is 2.94 bits per heavy atom. The standard InChI is InChI=1S/C13H20N2S/c1-3-13(14)15-8-7-10-5-6-11(16-4-2)9-12(10)15/h5-6,9,13H,3-4,7-8,14H2,1-2H3. The first-order valence-electron chi connectivity index (χ1n) is 6.04. The van der Waals surface area contributed by atoms with Gasteiger partial charge in [-0.05, 0) is 36.3 Å². The smallest absolute Gasteiger partial charge is 0.0768 e. The highest BCUT2D eigenvalue weighted by molar-refractivity contribution is 7.99. The molecule has 1 heterocycles. The van der Waals surface area contributed by atoms with Crippen molar-refractivity contribution in [3.63, 3.8) is 0 Å². The molecule has 1 aromatic rings. The van der Waals surface area contributed by atoms with E-state index in [1.807, 2.05) is 11.8 Å². The van der Waals surface area contributed by atoms with Gasteiger partial charge in [0.05, 0.1) is 6.17 Å². The normalized spacial score (nSPS) is 16.3. The monoisotopic (exact) mass is 236 g/mol. The maximum Gasteiger partial charge on any atom is 0.0768 e. The highest BCUT2D eigenvalue weighted by atomic mass is 32.2. The van der Waals surface area contributed by atoms with Gasteiger partial charge in [0.15, 0.2) is 0 Å². The molecule has 16 heavy (non-hydrogen) atoms. The minimum absolute atomic E-state index is 0.170. The summed E-state index contributed by atoms with van der Waals surface area (Å²) >= 11 is 1.90. The first-order chi connectivity index (χ1) is 7.76. The average Bonchev–Trinajstić information content (AvgIpc) is 2.71. The average molecular weight is 236 g/mol. The number of rotatable bonds is 4. The first-order valence-corrected chi connectivity index (χ1v) is 7.02. The predicted octanol–water partition coefficient (Wildman–Crippen LogP) is 2.86. The van der Waals surface area contributed by atoms with Gasteiger partial charge in [0.1, 0.15) is 0 Å². The second-order valence-corrected chi connectivity index (χ2v) is 5.48. The Bertz CT molecular complexity index is 365. The molecule has 0 aromatic heterocycles. The number of nitrogens with zero attached hydrogens (tertiary/aromatic N) is 1. The summed E-state index contributed by atoms with van der Waals surface area (Å²) in [5.41, 5.74) is 8.94. The molecule has 1 unspecified atom stereocenters. The van der Waals surface area contributed by atoms with Crippen molar-refractivity contribution in [1.29, 1.82) is 0 Å². The molecule has 1 aromatic carbocycles. The Morgan fingerprint density at radius 2 is 2.25 bits per heavy atom. The fourth-order valence-corrected chi connectivity index (χ4v) is 2.90. The molecule has 0 fully saturated rings. The van der Waals surface area contributed by atoms with Crippen LogP contribution < -0.4 is 10.6 Å². The van der Waals surface area contributed by atoms with Gasteiger partial charge >= 0.3 is 0 Å². The zero-order valence-corrected chi connectivity index (χ0v) is 10.9. The van der Waals surface area contributed by atoms with Crippen molar-refractivity contribution in [1.82, 2.24) is 0 Å². The molecule has 0 aliphatic carbocycles. The highest BCUT2D eigenvalue weighted by Crippen LogP contribution is 2.33. The van der Waals surface area contributed by atoms with Crippen LogP contribution in [0.1, 0.15) is 25.8 Å². The van der Waals surface area contributed by atoms with Crippen LogP contribution in [0.5, 0.6) is 0 Å². The number of hydrogen-bond acceptors (Lipinski definition) is 3. The molecule has 1 aliphatic heterocycles. The van der Waals surface area contributed by atoms with Gasteiger partial charge in [-0.15, -0.1) is 11.8 Å². The third-order valence-electron chi connectivity index (χ3n) is 3.12. The summed E-state index contributed by atoms with van der Waals surface area (Å²) in [6.45, 7) is 5.41. The van der Waals surface area contributed by atoms with Gasteiger partial charge in [0.2, 0.25) is 0 Å². The van der Waals surface area contributed by atoms with Gasteiger partial charge < -0.3 is 10.6 Å². The van der Waals surface area contributed by atoms with Crippen molar-refractivity contribution in [2.45, 2.75) is 37.8 Å². The number of hydrogen-bond donors (Lipinski definition) is 1. The summed E-state index contributed by atoms with van der Waals surface area (Å²) in [6, 6.07) is 6.79. The van der Waals surface area contributed by atoms with Crippen molar-refractivity contribution in [3.8, 4) is 0 Å². The molecule has 0 radical (unpaired) electrons. The third kappa shape index (κ3) is 2.20. The molecule has 0 saturated carbocycles.